The molecule has 0 aromatic rings. The molecule has 0 aliphatic carbocycles. The largest absolute Gasteiger partial charge is 0.386 e. The van der Waals surface area contributed by atoms with Crippen molar-refractivity contribution in [2.75, 3.05) is 0 Å². The molecule has 0 saturated carbocycles. The fraction of sp³-hybridized carbons (Fsp3) is 0.667. The Bertz CT molecular complexity index is 180. The van der Waals surface area contributed by atoms with Crippen molar-refractivity contribution in [1.82, 2.24) is 5.32 Å². The molecule has 0 aromatic carbocycles. The molecule has 0 aromatic heterocycles. The van der Waals surface area contributed by atoms with E-state index in [1.165, 1.54) is 5.57 Å². The molecule has 1 unspecified atom stereocenters. The average Bonchev–Trinajstić information content (AvgIpc) is 1.96. The van der Waals surface area contributed by atoms with Crippen LogP contribution in [0.1, 0.15) is 40.5 Å². The van der Waals surface area contributed by atoms with Crippen LogP contribution in [-0.4, -0.2) is 6.04 Å². The molecule has 0 bridgehead atoms. The third-order valence-electron chi connectivity index (χ3n) is 2.12. The molecule has 1 heteroatoms. The first kappa shape index (κ1) is 12.3. The van der Waals surface area contributed by atoms with E-state index < -0.39 is 0 Å². The third-order valence-corrected chi connectivity index (χ3v) is 2.12. The number of allylic oxidation sites excluding steroid dienone is 2. The summed E-state index contributed by atoms with van der Waals surface area (Å²) in [6, 6.07) is 0.536. The summed E-state index contributed by atoms with van der Waals surface area (Å²) in [5.41, 5.74) is 2.31. The predicted octanol–water partition coefficient (Wildman–Crippen LogP) is 3.49. The Labute approximate surface area is 82.9 Å². The summed E-state index contributed by atoms with van der Waals surface area (Å²) in [5, 5.41) is 3.40. The molecule has 0 aliphatic heterocycles. The SMILES string of the molecule is C=C(C)CCC(NC(=C)C)C(C)C. The summed E-state index contributed by atoms with van der Waals surface area (Å²) in [7, 11) is 0. The average molecular weight is 181 g/mol. The van der Waals surface area contributed by atoms with Crippen LogP contribution in [0.4, 0.5) is 0 Å². The van der Waals surface area contributed by atoms with Crippen molar-refractivity contribution in [3.8, 4) is 0 Å². The second-order valence-corrected chi connectivity index (χ2v) is 4.27. The predicted molar refractivity (Wildman–Crippen MR) is 60.6 cm³/mol. The zero-order valence-corrected chi connectivity index (χ0v) is 9.48. The third kappa shape index (κ3) is 6.44. The van der Waals surface area contributed by atoms with Gasteiger partial charge in [-0.05, 0) is 32.6 Å². The van der Waals surface area contributed by atoms with Crippen LogP contribution in [0, 0.1) is 5.92 Å². The minimum atomic E-state index is 0.536. The van der Waals surface area contributed by atoms with E-state index >= 15 is 0 Å². The van der Waals surface area contributed by atoms with Gasteiger partial charge in [-0.25, -0.2) is 0 Å². The Balaban J connectivity index is 3.95. The van der Waals surface area contributed by atoms with Gasteiger partial charge in [0.2, 0.25) is 0 Å². The fourth-order valence-corrected chi connectivity index (χ4v) is 1.29. The molecule has 0 aliphatic rings. The normalized spacial score (nSPS) is 12.7. The van der Waals surface area contributed by atoms with Crippen LogP contribution < -0.4 is 5.32 Å². The maximum Gasteiger partial charge on any atom is 0.0283 e. The van der Waals surface area contributed by atoms with Crippen LogP contribution in [0.5, 0.6) is 0 Å². The molecule has 1 N–H and O–H groups in total. The summed E-state index contributed by atoms with van der Waals surface area (Å²) >= 11 is 0. The Kier molecular flexibility index (Phi) is 5.52. The fourth-order valence-electron chi connectivity index (χ4n) is 1.29. The maximum absolute atomic E-state index is 3.92. The lowest BCUT2D eigenvalue weighted by atomic mass is 9.97. The summed E-state index contributed by atoms with van der Waals surface area (Å²) in [6.07, 6.45) is 2.25. The second-order valence-electron chi connectivity index (χ2n) is 4.27. The van der Waals surface area contributed by atoms with Crippen LogP contribution in [0.15, 0.2) is 24.4 Å². The smallest absolute Gasteiger partial charge is 0.0283 e. The standard InChI is InChI=1S/C12H23N/c1-9(2)7-8-12(10(3)4)13-11(5)6/h10,12-13H,1,5,7-8H2,2-4,6H3. The van der Waals surface area contributed by atoms with Gasteiger partial charge in [0.15, 0.2) is 0 Å². The maximum atomic E-state index is 3.92. The molecule has 0 amide bonds. The first-order valence-corrected chi connectivity index (χ1v) is 5.00. The van der Waals surface area contributed by atoms with E-state index in [0.717, 1.165) is 18.5 Å². The van der Waals surface area contributed by atoms with Gasteiger partial charge in [0.05, 0.1) is 0 Å². The number of hydrogen-bond donors (Lipinski definition) is 1. The van der Waals surface area contributed by atoms with Gasteiger partial charge >= 0.3 is 0 Å². The second kappa shape index (κ2) is 5.85. The summed E-state index contributed by atoms with van der Waals surface area (Å²) in [5.74, 6) is 0.649. The van der Waals surface area contributed by atoms with Crippen molar-refractivity contribution in [1.29, 1.82) is 0 Å². The summed E-state index contributed by atoms with van der Waals surface area (Å²) < 4.78 is 0. The zero-order chi connectivity index (χ0) is 10.4. The van der Waals surface area contributed by atoms with Crippen molar-refractivity contribution in [3.05, 3.63) is 24.4 Å². The van der Waals surface area contributed by atoms with Gasteiger partial charge in [0.1, 0.15) is 0 Å². The molecule has 0 saturated heterocycles. The molecule has 76 valence electrons. The van der Waals surface area contributed by atoms with Crippen LogP contribution in [0.25, 0.3) is 0 Å². The minimum absolute atomic E-state index is 0.536. The highest BCUT2D eigenvalue weighted by atomic mass is 14.9. The van der Waals surface area contributed by atoms with Crippen LogP contribution in [0.2, 0.25) is 0 Å². The van der Waals surface area contributed by atoms with Gasteiger partial charge in [0.25, 0.3) is 0 Å². The Morgan fingerprint density at radius 3 is 2.08 bits per heavy atom. The molecule has 0 rings (SSSR count). The van der Waals surface area contributed by atoms with E-state index in [0.29, 0.717) is 12.0 Å². The lowest BCUT2D eigenvalue weighted by Crippen LogP contribution is -2.32. The summed E-state index contributed by atoms with van der Waals surface area (Å²) in [4.78, 5) is 0. The van der Waals surface area contributed by atoms with Crippen molar-refractivity contribution in [3.63, 3.8) is 0 Å². The first-order chi connectivity index (χ1) is 5.93. The summed E-state index contributed by atoms with van der Waals surface area (Å²) in [6.45, 7) is 16.3. The molecular formula is C12H23N. The highest BCUT2D eigenvalue weighted by Gasteiger charge is 2.11. The van der Waals surface area contributed by atoms with Gasteiger partial charge in [-0.3, -0.25) is 0 Å². The van der Waals surface area contributed by atoms with E-state index in [2.05, 4.69) is 39.2 Å². The Hall–Kier alpha value is -0.720. The Morgan fingerprint density at radius 2 is 1.77 bits per heavy atom. The van der Waals surface area contributed by atoms with Crippen molar-refractivity contribution in [2.24, 2.45) is 5.92 Å². The minimum Gasteiger partial charge on any atom is -0.386 e. The molecule has 0 fully saturated rings. The monoisotopic (exact) mass is 181 g/mol. The lowest BCUT2D eigenvalue weighted by molar-refractivity contribution is 0.406. The number of rotatable bonds is 6. The molecule has 1 nitrogen and oxygen atoms in total. The molecule has 13 heavy (non-hydrogen) atoms. The van der Waals surface area contributed by atoms with Crippen molar-refractivity contribution < 1.29 is 0 Å². The molecule has 0 radical (unpaired) electrons. The van der Waals surface area contributed by atoms with Crippen LogP contribution in [-0.2, 0) is 0 Å². The van der Waals surface area contributed by atoms with Gasteiger partial charge in [-0.2, -0.15) is 0 Å². The molecular weight excluding hydrogens is 158 g/mol. The van der Waals surface area contributed by atoms with Gasteiger partial charge in [-0.1, -0.05) is 26.0 Å². The molecule has 0 heterocycles. The molecule has 1 atom stereocenters. The van der Waals surface area contributed by atoms with Gasteiger partial charge in [0, 0.05) is 11.7 Å². The van der Waals surface area contributed by atoms with E-state index in [4.69, 9.17) is 0 Å². The van der Waals surface area contributed by atoms with E-state index in [1.54, 1.807) is 0 Å². The first-order valence-electron chi connectivity index (χ1n) is 5.00. The van der Waals surface area contributed by atoms with E-state index in [1.807, 2.05) is 6.92 Å². The van der Waals surface area contributed by atoms with Gasteiger partial charge < -0.3 is 5.32 Å². The van der Waals surface area contributed by atoms with Crippen LogP contribution in [0.3, 0.4) is 0 Å². The topological polar surface area (TPSA) is 12.0 Å². The number of hydrogen-bond acceptors (Lipinski definition) is 1. The quantitative estimate of drug-likeness (QED) is 0.618. The van der Waals surface area contributed by atoms with E-state index in [-0.39, 0.29) is 0 Å². The lowest BCUT2D eigenvalue weighted by Gasteiger charge is -2.23. The van der Waals surface area contributed by atoms with Gasteiger partial charge in [-0.15, -0.1) is 6.58 Å². The van der Waals surface area contributed by atoms with Crippen LogP contribution >= 0.6 is 0 Å². The van der Waals surface area contributed by atoms with E-state index in [9.17, 15) is 0 Å². The molecule has 0 spiro atoms. The number of nitrogens with one attached hydrogen (secondary N) is 1. The van der Waals surface area contributed by atoms with Crippen molar-refractivity contribution >= 4 is 0 Å². The zero-order valence-electron chi connectivity index (χ0n) is 9.48. The van der Waals surface area contributed by atoms with Crippen molar-refractivity contribution in [2.45, 2.75) is 46.6 Å². The highest BCUT2D eigenvalue weighted by molar-refractivity contribution is 4.94. The highest BCUT2D eigenvalue weighted by Crippen LogP contribution is 2.12. The Morgan fingerprint density at radius 1 is 1.23 bits per heavy atom.